The fourth-order valence-corrected chi connectivity index (χ4v) is 1.88. The van der Waals surface area contributed by atoms with E-state index in [9.17, 15) is 0 Å². The second-order valence-corrected chi connectivity index (χ2v) is 4.08. The summed E-state index contributed by atoms with van der Waals surface area (Å²) >= 11 is 0. The largest absolute Gasteiger partial charge is 0.470 e. The molecule has 1 heterocycles. The average Bonchev–Trinajstić information content (AvgIpc) is 2.94. The number of hydrogen-bond acceptors (Lipinski definition) is 2. The summed E-state index contributed by atoms with van der Waals surface area (Å²) in [5, 5.41) is 3.27. The summed E-state index contributed by atoms with van der Waals surface area (Å²) in [6, 6.07) is 20.6. The van der Waals surface area contributed by atoms with E-state index in [-0.39, 0.29) is 0 Å². The molecule has 0 radical (unpaired) electrons. The van der Waals surface area contributed by atoms with Crippen molar-refractivity contribution in [1.29, 1.82) is 0 Å². The predicted molar refractivity (Wildman–Crippen MR) is 73.9 cm³/mol. The van der Waals surface area contributed by atoms with Gasteiger partial charge in [-0.3, -0.25) is 0 Å². The van der Waals surface area contributed by atoms with Crippen LogP contribution in [0.1, 0.15) is 0 Å². The molecular weight excluding hydrogens is 222 g/mol. The molecule has 0 atom stereocenters. The fraction of sp³-hybridized carbons (Fsp3) is 0. The van der Waals surface area contributed by atoms with Gasteiger partial charge in [0.25, 0.3) is 0 Å². The molecule has 0 saturated heterocycles. The number of anilines is 2. The van der Waals surface area contributed by atoms with Crippen LogP contribution in [0.25, 0.3) is 11.1 Å². The normalized spacial score (nSPS) is 10.2. The van der Waals surface area contributed by atoms with Crippen LogP contribution in [0.3, 0.4) is 0 Å². The number of furan rings is 1. The highest BCUT2D eigenvalue weighted by Crippen LogP contribution is 2.23. The Balaban J connectivity index is 1.81. The predicted octanol–water partition coefficient (Wildman–Crippen LogP) is 4.69. The lowest BCUT2D eigenvalue weighted by Gasteiger charge is -2.05. The Labute approximate surface area is 106 Å². The molecule has 0 aliphatic carbocycles. The Bertz CT molecular complexity index is 597. The van der Waals surface area contributed by atoms with Gasteiger partial charge >= 0.3 is 0 Å². The lowest BCUT2D eigenvalue weighted by atomic mass is 10.1. The molecule has 3 aromatic rings. The molecule has 0 aliphatic heterocycles. The van der Waals surface area contributed by atoms with Gasteiger partial charge in [0.2, 0.25) is 0 Å². The first-order valence-corrected chi connectivity index (χ1v) is 5.86. The molecule has 18 heavy (non-hydrogen) atoms. The van der Waals surface area contributed by atoms with Gasteiger partial charge in [0.1, 0.15) is 6.26 Å². The average molecular weight is 235 g/mol. The quantitative estimate of drug-likeness (QED) is 0.712. The first-order valence-electron chi connectivity index (χ1n) is 5.86. The summed E-state index contributed by atoms with van der Waals surface area (Å²) in [7, 11) is 0. The van der Waals surface area contributed by atoms with E-state index < -0.39 is 0 Å². The van der Waals surface area contributed by atoms with E-state index in [0.717, 1.165) is 11.4 Å². The number of nitrogens with one attached hydrogen (secondary N) is 1. The smallest absolute Gasteiger partial charge is 0.114 e. The highest BCUT2D eigenvalue weighted by Gasteiger charge is 1.98. The monoisotopic (exact) mass is 235 g/mol. The zero-order valence-electron chi connectivity index (χ0n) is 9.84. The van der Waals surface area contributed by atoms with Crippen molar-refractivity contribution in [2.45, 2.75) is 0 Å². The summed E-state index contributed by atoms with van der Waals surface area (Å²) in [6.07, 6.45) is 3.34. The van der Waals surface area contributed by atoms with Crippen LogP contribution in [0, 0.1) is 0 Å². The molecule has 2 nitrogen and oxygen atoms in total. The SMILES string of the molecule is c1ccc(-c2ccc(Nc3ccoc3)cc2)cc1. The molecule has 0 bridgehead atoms. The van der Waals surface area contributed by atoms with E-state index in [1.54, 1.807) is 12.5 Å². The van der Waals surface area contributed by atoms with Crippen LogP contribution in [-0.4, -0.2) is 0 Å². The molecule has 0 aliphatic rings. The lowest BCUT2D eigenvalue weighted by Crippen LogP contribution is -1.87. The summed E-state index contributed by atoms with van der Waals surface area (Å²) in [6.45, 7) is 0. The molecule has 0 unspecified atom stereocenters. The number of benzene rings is 2. The first-order chi connectivity index (χ1) is 8.92. The molecule has 88 valence electrons. The molecule has 2 heteroatoms. The zero-order valence-corrected chi connectivity index (χ0v) is 9.84. The standard InChI is InChI=1S/C16H13NO/c1-2-4-13(5-3-1)14-6-8-15(9-7-14)17-16-10-11-18-12-16/h1-12,17H. The molecule has 2 aromatic carbocycles. The molecule has 0 spiro atoms. The first kappa shape index (κ1) is 10.7. The van der Waals surface area contributed by atoms with Crippen molar-refractivity contribution in [3.63, 3.8) is 0 Å². The van der Waals surface area contributed by atoms with Gasteiger partial charge in [-0.15, -0.1) is 0 Å². The summed E-state index contributed by atoms with van der Waals surface area (Å²) in [5.41, 5.74) is 4.46. The van der Waals surface area contributed by atoms with Crippen LogP contribution >= 0.6 is 0 Å². The van der Waals surface area contributed by atoms with E-state index in [4.69, 9.17) is 4.42 Å². The molecule has 3 rings (SSSR count). The Hall–Kier alpha value is -2.48. The highest BCUT2D eigenvalue weighted by atomic mass is 16.3. The van der Waals surface area contributed by atoms with Crippen LogP contribution < -0.4 is 5.32 Å². The van der Waals surface area contributed by atoms with Crippen molar-refractivity contribution >= 4 is 11.4 Å². The van der Waals surface area contributed by atoms with E-state index in [1.165, 1.54) is 11.1 Å². The number of rotatable bonds is 3. The van der Waals surface area contributed by atoms with Crippen LogP contribution in [0.5, 0.6) is 0 Å². The summed E-state index contributed by atoms with van der Waals surface area (Å²) in [4.78, 5) is 0. The van der Waals surface area contributed by atoms with Gasteiger partial charge in [-0.25, -0.2) is 0 Å². The third-order valence-corrected chi connectivity index (χ3v) is 2.80. The Kier molecular flexibility index (Phi) is 2.84. The van der Waals surface area contributed by atoms with Crippen molar-refractivity contribution in [3.05, 3.63) is 73.2 Å². The second kappa shape index (κ2) is 4.80. The van der Waals surface area contributed by atoms with Gasteiger partial charge in [-0.2, -0.15) is 0 Å². The minimum absolute atomic E-state index is 0.961. The maximum Gasteiger partial charge on any atom is 0.114 e. The van der Waals surface area contributed by atoms with Crippen LogP contribution in [0.4, 0.5) is 11.4 Å². The maximum atomic E-state index is 5.02. The van der Waals surface area contributed by atoms with Crippen LogP contribution in [0.15, 0.2) is 77.6 Å². The third kappa shape index (κ3) is 2.28. The van der Waals surface area contributed by atoms with E-state index in [1.807, 2.05) is 24.3 Å². The van der Waals surface area contributed by atoms with E-state index in [2.05, 4.69) is 41.7 Å². The third-order valence-electron chi connectivity index (χ3n) is 2.80. The van der Waals surface area contributed by atoms with Gasteiger partial charge in [-0.05, 0) is 29.3 Å². The molecule has 1 aromatic heterocycles. The van der Waals surface area contributed by atoms with Gasteiger partial charge in [-0.1, -0.05) is 42.5 Å². The van der Waals surface area contributed by atoms with Crippen molar-refractivity contribution in [2.75, 3.05) is 5.32 Å². The summed E-state index contributed by atoms with van der Waals surface area (Å²) < 4.78 is 5.02. The fourth-order valence-electron chi connectivity index (χ4n) is 1.88. The maximum absolute atomic E-state index is 5.02. The van der Waals surface area contributed by atoms with Crippen molar-refractivity contribution in [1.82, 2.24) is 0 Å². The molecular formula is C16H13NO. The lowest BCUT2D eigenvalue weighted by molar-refractivity contribution is 0.568. The van der Waals surface area contributed by atoms with Gasteiger partial charge in [0, 0.05) is 5.69 Å². The van der Waals surface area contributed by atoms with Gasteiger partial charge in [0.15, 0.2) is 0 Å². The van der Waals surface area contributed by atoms with Gasteiger partial charge < -0.3 is 9.73 Å². The summed E-state index contributed by atoms with van der Waals surface area (Å²) in [5.74, 6) is 0. The minimum Gasteiger partial charge on any atom is -0.470 e. The highest BCUT2D eigenvalue weighted by molar-refractivity contribution is 5.67. The Morgan fingerprint density at radius 2 is 1.39 bits per heavy atom. The minimum atomic E-state index is 0.961. The molecule has 0 saturated carbocycles. The second-order valence-electron chi connectivity index (χ2n) is 4.08. The Morgan fingerprint density at radius 1 is 0.667 bits per heavy atom. The van der Waals surface area contributed by atoms with Crippen molar-refractivity contribution < 1.29 is 4.42 Å². The Morgan fingerprint density at radius 3 is 2.06 bits per heavy atom. The van der Waals surface area contributed by atoms with Gasteiger partial charge in [0.05, 0.1) is 12.0 Å². The van der Waals surface area contributed by atoms with Crippen molar-refractivity contribution in [3.8, 4) is 11.1 Å². The molecule has 0 amide bonds. The van der Waals surface area contributed by atoms with Crippen LogP contribution in [0.2, 0.25) is 0 Å². The topological polar surface area (TPSA) is 25.2 Å². The van der Waals surface area contributed by atoms with Crippen LogP contribution in [-0.2, 0) is 0 Å². The van der Waals surface area contributed by atoms with Crippen molar-refractivity contribution in [2.24, 2.45) is 0 Å². The zero-order chi connectivity index (χ0) is 12.2. The van der Waals surface area contributed by atoms with E-state index >= 15 is 0 Å². The molecule has 1 N–H and O–H groups in total. The molecule has 0 fully saturated rings. The van der Waals surface area contributed by atoms with E-state index in [0.29, 0.717) is 0 Å². The number of hydrogen-bond donors (Lipinski definition) is 1.